The summed E-state index contributed by atoms with van der Waals surface area (Å²) in [7, 11) is 0. The van der Waals surface area contributed by atoms with Crippen LogP contribution >= 0.6 is 0 Å². The molecule has 3 nitrogen and oxygen atoms in total. The fourth-order valence-electron chi connectivity index (χ4n) is 4.93. The van der Waals surface area contributed by atoms with Crippen LogP contribution in [0.5, 0.6) is 5.75 Å². The molecule has 0 aromatic heterocycles. The molecule has 2 aliphatic heterocycles. The van der Waals surface area contributed by atoms with Crippen molar-refractivity contribution < 1.29 is 9.84 Å². The van der Waals surface area contributed by atoms with Crippen LogP contribution in [-0.2, 0) is 12.2 Å². The highest BCUT2D eigenvalue weighted by Crippen LogP contribution is 2.37. The molecule has 0 saturated carbocycles. The monoisotopic (exact) mass is 425 g/mol. The maximum atomic E-state index is 11.2. The Morgan fingerprint density at radius 2 is 1.59 bits per heavy atom. The maximum absolute atomic E-state index is 11.2. The van der Waals surface area contributed by atoms with Gasteiger partial charge in [0, 0.05) is 25.2 Å². The van der Waals surface area contributed by atoms with Crippen molar-refractivity contribution in [1.29, 1.82) is 0 Å². The molecule has 3 aromatic rings. The molecular weight excluding hydrogens is 394 g/mol. The molecule has 0 unspecified atom stereocenters. The van der Waals surface area contributed by atoms with Crippen LogP contribution in [0.4, 0.5) is 0 Å². The second-order valence-electron chi connectivity index (χ2n) is 9.09. The fourth-order valence-corrected chi connectivity index (χ4v) is 4.93. The predicted octanol–water partition coefficient (Wildman–Crippen LogP) is 5.69. The summed E-state index contributed by atoms with van der Waals surface area (Å²) < 4.78 is 6.09. The first kappa shape index (κ1) is 21.0. The Labute approximate surface area is 191 Å². The van der Waals surface area contributed by atoms with Gasteiger partial charge in [0.1, 0.15) is 12.4 Å². The topological polar surface area (TPSA) is 32.7 Å². The Bertz CT molecular complexity index is 1060. The molecule has 5 rings (SSSR count). The smallest absolute Gasteiger partial charge is 0.127 e. The minimum Gasteiger partial charge on any atom is -0.488 e. The summed E-state index contributed by atoms with van der Waals surface area (Å²) in [6.45, 7) is 5.53. The van der Waals surface area contributed by atoms with Gasteiger partial charge in [-0.2, -0.15) is 0 Å². The summed E-state index contributed by atoms with van der Waals surface area (Å²) in [5, 5.41) is 11.2. The van der Waals surface area contributed by atoms with Crippen molar-refractivity contribution in [1.82, 2.24) is 4.90 Å². The predicted molar refractivity (Wildman–Crippen MR) is 130 cm³/mol. The van der Waals surface area contributed by atoms with E-state index < -0.39 is 5.60 Å². The number of hydrogen-bond acceptors (Lipinski definition) is 3. The second-order valence-corrected chi connectivity index (χ2v) is 9.09. The summed E-state index contributed by atoms with van der Waals surface area (Å²) in [6, 6.07) is 25.2. The number of aryl methyl sites for hydroxylation is 1. The van der Waals surface area contributed by atoms with Gasteiger partial charge >= 0.3 is 0 Å². The molecule has 164 valence electrons. The van der Waals surface area contributed by atoms with E-state index in [1.165, 1.54) is 27.8 Å². The molecule has 3 aromatic carbocycles. The second kappa shape index (κ2) is 8.93. The normalized spacial score (nSPS) is 19.0. The Morgan fingerprint density at radius 3 is 2.38 bits per heavy atom. The van der Waals surface area contributed by atoms with Crippen molar-refractivity contribution in [3.63, 3.8) is 0 Å². The van der Waals surface area contributed by atoms with Crippen LogP contribution in [0.25, 0.3) is 5.57 Å². The highest BCUT2D eigenvalue weighted by molar-refractivity contribution is 5.84. The highest BCUT2D eigenvalue weighted by atomic mass is 16.5. The average molecular weight is 426 g/mol. The number of likely N-dealkylation sites (tertiary alicyclic amines) is 1. The lowest BCUT2D eigenvalue weighted by Crippen LogP contribution is -2.42. The van der Waals surface area contributed by atoms with Gasteiger partial charge in [-0.05, 0) is 54.5 Å². The van der Waals surface area contributed by atoms with Crippen LogP contribution in [0.15, 0.2) is 78.9 Å². The van der Waals surface area contributed by atoms with Crippen molar-refractivity contribution in [2.24, 2.45) is 0 Å². The van der Waals surface area contributed by atoms with Crippen molar-refractivity contribution in [2.45, 2.75) is 38.4 Å². The average Bonchev–Trinajstić information content (AvgIpc) is 2.98. The Morgan fingerprint density at radius 1 is 0.906 bits per heavy atom. The molecule has 1 N–H and O–H groups in total. The molecule has 0 atom stereocenters. The number of hydrogen-bond donors (Lipinski definition) is 1. The highest BCUT2D eigenvalue weighted by Gasteiger charge is 2.33. The van der Waals surface area contributed by atoms with Crippen molar-refractivity contribution in [3.05, 3.63) is 107 Å². The number of fused-ring (bicyclic) bond motifs is 2. The molecule has 3 heteroatoms. The van der Waals surface area contributed by atoms with E-state index in [0.29, 0.717) is 6.61 Å². The number of nitrogens with zero attached hydrogens (tertiary/aromatic N) is 1. The molecule has 0 radical (unpaired) electrons. The zero-order valence-electron chi connectivity index (χ0n) is 18.8. The number of aliphatic hydroxyl groups is 1. The van der Waals surface area contributed by atoms with Gasteiger partial charge in [0.15, 0.2) is 0 Å². The molecule has 0 aliphatic carbocycles. The van der Waals surface area contributed by atoms with E-state index in [4.69, 9.17) is 4.74 Å². The lowest BCUT2D eigenvalue weighted by atomic mass is 9.84. The zero-order valence-corrected chi connectivity index (χ0v) is 18.8. The maximum Gasteiger partial charge on any atom is 0.127 e. The third-order valence-electron chi connectivity index (χ3n) is 6.93. The molecule has 1 fully saturated rings. The molecular formula is C29H31NO2. The summed E-state index contributed by atoms with van der Waals surface area (Å²) in [5.74, 6) is 0.955. The molecule has 0 spiro atoms. The van der Waals surface area contributed by atoms with E-state index in [1.54, 1.807) is 0 Å². The standard InChI is InChI=1S/C29H31NO2/c1-22-12-14-24(15-13-22)29(31)16-19-30(20-17-29)18-6-10-26-25-8-3-2-7-23(25)21-32-28-11-5-4-9-27(26)28/h2-5,7-15,31H,6,16-21H2,1H3. The van der Waals surface area contributed by atoms with Crippen molar-refractivity contribution in [2.75, 3.05) is 19.6 Å². The summed E-state index contributed by atoms with van der Waals surface area (Å²) in [5.41, 5.74) is 6.53. The quantitative estimate of drug-likeness (QED) is 0.583. The van der Waals surface area contributed by atoms with Crippen LogP contribution < -0.4 is 4.74 Å². The van der Waals surface area contributed by atoms with E-state index in [-0.39, 0.29) is 0 Å². The molecule has 2 heterocycles. The summed E-state index contributed by atoms with van der Waals surface area (Å²) in [6.07, 6.45) is 4.91. The molecule has 32 heavy (non-hydrogen) atoms. The van der Waals surface area contributed by atoms with E-state index in [1.807, 2.05) is 6.07 Å². The lowest BCUT2D eigenvalue weighted by Gasteiger charge is -2.38. The third-order valence-corrected chi connectivity index (χ3v) is 6.93. The minimum absolute atomic E-state index is 0.605. The third kappa shape index (κ3) is 4.23. The van der Waals surface area contributed by atoms with Gasteiger partial charge in [0.05, 0.1) is 5.60 Å². The zero-order chi connectivity index (χ0) is 22.0. The van der Waals surface area contributed by atoms with E-state index in [2.05, 4.69) is 84.6 Å². The van der Waals surface area contributed by atoms with E-state index in [9.17, 15) is 5.11 Å². The lowest BCUT2D eigenvalue weighted by molar-refractivity contribution is -0.0254. The molecule has 2 aliphatic rings. The van der Waals surface area contributed by atoms with Crippen LogP contribution in [-0.4, -0.2) is 29.6 Å². The van der Waals surface area contributed by atoms with Crippen LogP contribution in [0, 0.1) is 6.92 Å². The number of ether oxygens (including phenoxy) is 1. The van der Waals surface area contributed by atoms with E-state index >= 15 is 0 Å². The Balaban J connectivity index is 1.28. The largest absolute Gasteiger partial charge is 0.488 e. The minimum atomic E-state index is -0.695. The fraction of sp³-hybridized carbons (Fsp3) is 0.310. The van der Waals surface area contributed by atoms with Gasteiger partial charge in [-0.25, -0.2) is 0 Å². The number of piperidine rings is 1. The van der Waals surface area contributed by atoms with Crippen molar-refractivity contribution in [3.8, 4) is 5.75 Å². The van der Waals surface area contributed by atoms with E-state index in [0.717, 1.165) is 50.2 Å². The first-order valence-electron chi connectivity index (χ1n) is 11.6. The van der Waals surface area contributed by atoms with Gasteiger partial charge in [-0.3, -0.25) is 0 Å². The first-order valence-corrected chi connectivity index (χ1v) is 11.6. The van der Waals surface area contributed by atoms with Crippen LogP contribution in [0.1, 0.15) is 47.1 Å². The Hall–Kier alpha value is -2.88. The number of rotatable bonds is 4. The van der Waals surface area contributed by atoms with Gasteiger partial charge in [0.25, 0.3) is 0 Å². The number of para-hydroxylation sites is 1. The summed E-state index contributed by atoms with van der Waals surface area (Å²) >= 11 is 0. The van der Waals surface area contributed by atoms with Crippen LogP contribution in [0.3, 0.4) is 0 Å². The van der Waals surface area contributed by atoms with Crippen molar-refractivity contribution >= 4 is 5.57 Å². The Kier molecular flexibility index (Phi) is 5.86. The molecule has 0 bridgehead atoms. The van der Waals surface area contributed by atoms with Gasteiger partial charge < -0.3 is 14.7 Å². The number of benzene rings is 3. The SMILES string of the molecule is Cc1ccc(C2(O)CCN(CCC=C3c4ccccc4COc4ccccc43)CC2)cc1. The molecule has 0 amide bonds. The van der Waals surface area contributed by atoms with Gasteiger partial charge in [-0.15, -0.1) is 0 Å². The van der Waals surface area contributed by atoms with Crippen LogP contribution in [0.2, 0.25) is 0 Å². The first-order chi connectivity index (χ1) is 15.6. The van der Waals surface area contributed by atoms with Gasteiger partial charge in [0.2, 0.25) is 0 Å². The summed E-state index contributed by atoms with van der Waals surface area (Å²) in [4.78, 5) is 2.48. The molecule has 1 saturated heterocycles. The van der Waals surface area contributed by atoms with Gasteiger partial charge in [-0.1, -0.05) is 78.4 Å².